The van der Waals surface area contributed by atoms with Gasteiger partial charge < -0.3 is 0 Å². The van der Waals surface area contributed by atoms with E-state index in [4.69, 9.17) is 16.1 Å². The maximum atomic E-state index is 11.8. The number of aromatic nitrogens is 4. The van der Waals surface area contributed by atoms with Crippen LogP contribution < -0.4 is 5.76 Å². The van der Waals surface area contributed by atoms with Gasteiger partial charge >= 0.3 is 5.76 Å². The van der Waals surface area contributed by atoms with E-state index in [1.54, 1.807) is 18.6 Å². The van der Waals surface area contributed by atoms with E-state index in [1.165, 1.54) is 4.57 Å². The second kappa shape index (κ2) is 6.53. The van der Waals surface area contributed by atoms with Crippen molar-refractivity contribution >= 4 is 11.6 Å². The highest BCUT2D eigenvalue weighted by Gasteiger charge is 2.13. The van der Waals surface area contributed by atoms with Crippen LogP contribution in [0.1, 0.15) is 12.0 Å². The van der Waals surface area contributed by atoms with E-state index in [0.717, 1.165) is 18.4 Å². The molecular weight excluding hydrogens is 304 g/mol. The molecule has 0 aliphatic heterocycles. The molecule has 0 spiro atoms. The zero-order chi connectivity index (χ0) is 15.4. The van der Waals surface area contributed by atoms with Crippen molar-refractivity contribution < 1.29 is 4.52 Å². The predicted octanol–water partition coefficient (Wildman–Crippen LogP) is 2.58. The molecule has 0 saturated carbocycles. The molecule has 112 valence electrons. The number of hydrogen-bond acceptors (Lipinski definition) is 5. The monoisotopic (exact) mass is 316 g/mol. The highest BCUT2D eigenvalue weighted by atomic mass is 35.5. The Hall–Kier alpha value is -2.47. The standard InChI is InChI=1S/C15H13ClN4O2/c16-12-5-3-11(4-6-12)2-1-9-20-14(19-22-15(20)21)13-10-17-7-8-18-13/h3-8,10H,1-2,9H2. The minimum atomic E-state index is -0.489. The molecule has 0 fully saturated rings. The fraction of sp³-hybridized carbons (Fsp3) is 0.200. The Labute approximate surface area is 131 Å². The lowest BCUT2D eigenvalue weighted by atomic mass is 10.1. The van der Waals surface area contributed by atoms with Crippen LogP contribution in [0.5, 0.6) is 0 Å². The fourth-order valence-corrected chi connectivity index (χ4v) is 2.28. The number of rotatable bonds is 5. The van der Waals surface area contributed by atoms with Gasteiger partial charge in [0.15, 0.2) is 0 Å². The van der Waals surface area contributed by atoms with Crippen molar-refractivity contribution in [1.82, 2.24) is 19.7 Å². The summed E-state index contributed by atoms with van der Waals surface area (Å²) < 4.78 is 6.21. The van der Waals surface area contributed by atoms with E-state index in [2.05, 4.69) is 15.1 Å². The molecule has 7 heteroatoms. The first kappa shape index (κ1) is 14.5. The Bertz CT molecular complexity index is 796. The van der Waals surface area contributed by atoms with Crippen molar-refractivity contribution in [3.8, 4) is 11.5 Å². The SMILES string of the molecule is O=c1onc(-c2cnccn2)n1CCCc1ccc(Cl)cc1. The first-order valence-electron chi connectivity index (χ1n) is 6.81. The van der Waals surface area contributed by atoms with E-state index in [0.29, 0.717) is 23.1 Å². The van der Waals surface area contributed by atoms with E-state index >= 15 is 0 Å². The minimum Gasteiger partial charge on any atom is -0.295 e. The molecule has 3 rings (SSSR count). The molecule has 0 saturated heterocycles. The third kappa shape index (κ3) is 3.23. The lowest BCUT2D eigenvalue weighted by Gasteiger charge is -2.04. The summed E-state index contributed by atoms with van der Waals surface area (Å²) in [7, 11) is 0. The molecule has 0 aliphatic rings. The van der Waals surface area contributed by atoms with Crippen LogP contribution in [0, 0.1) is 0 Å². The van der Waals surface area contributed by atoms with Crippen LogP contribution in [-0.2, 0) is 13.0 Å². The number of halogens is 1. The van der Waals surface area contributed by atoms with Crippen LogP contribution >= 0.6 is 11.6 Å². The number of hydrogen-bond donors (Lipinski definition) is 0. The van der Waals surface area contributed by atoms with Gasteiger partial charge in [-0.3, -0.25) is 14.1 Å². The molecule has 22 heavy (non-hydrogen) atoms. The Morgan fingerprint density at radius 3 is 2.73 bits per heavy atom. The number of aryl methyl sites for hydroxylation is 1. The zero-order valence-corrected chi connectivity index (χ0v) is 12.4. The van der Waals surface area contributed by atoms with Gasteiger partial charge in [0.1, 0.15) is 5.69 Å². The van der Waals surface area contributed by atoms with Gasteiger partial charge in [-0.15, -0.1) is 0 Å². The highest BCUT2D eigenvalue weighted by molar-refractivity contribution is 6.30. The Kier molecular flexibility index (Phi) is 4.29. The lowest BCUT2D eigenvalue weighted by Crippen LogP contribution is -2.16. The first-order valence-corrected chi connectivity index (χ1v) is 7.19. The second-order valence-electron chi connectivity index (χ2n) is 4.74. The van der Waals surface area contributed by atoms with Crippen molar-refractivity contribution in [3.63, 3.8) is 0 Å². The van der Waals surface area contributed by atoms with Crippen LogP contribution in [-0.4, -0.2) is 19.7 Å². The van der Waals surface area contributed by atoms with Gasteiger partial charge in [0, 0.05) is 24.0 Å². The minimum absolute atomic E-state index is 0.397. The van der Waals surface area contributed by atoms with E-state index in [1.807, 2.05) is 24.3 Å². The summed E-state index contributed by atoms with van der Waals surface area (Å²) in [6, 6.07) is 7.66. The van der Waals surface area contributed by atoms with Crippen LogP contribution in [0.4, 0.5) is 0 Å². The molecule has 2 heterocycles. The normalized spacial score (nSPS) is 10.8. The van der Waals surface area contributed by atoms with Crippen LogP contribution in [0.15, 0.2) is 52.2 Å². The van der Waals surface area contributed by atoms with Crippen molar-refractivity contribution in [2.75, 3.05) is 0 Å². The average molecular weight is 317 g/mol. The molecule has 0 N–H and O–H groups in total. The molecule has 0 atom stereocenters. The second-order valence-corrected chi connectivity index (χ2v) is 5.18. The van der Waals surface area contributed by atoms with Crippen molar-refractivity contribution in [3.05, 3.63) is 64.0 Å². The fourth-order valence-electron chi connectivity index (χ4n) is 2.16. The van der Waals surface area contributed by atoms with Crippen molar-refractivity contribution in [2.45, 2.75) is 19.4 Å². The highest BCUT2D eigenvalue weighted by Crippen LogP contribution is 2.13. The van der Waals surface area contributed by atoms with Crippen LogP contribution in [0.3, 0.4) is 0 Å². The molecule has 0 bridgehead atoms. The maximum absolute atomic E-state index is 11.8. The van der Waals surface area contributed by atoms with Gasteiger partial charge in [-0.05, 0) is 30.5 Å². The van der Waals surface area contributed by atoms with Gasteiger partial charge in [0.05, 0.1) is 6.20 Å². The smallest absolute Gasteiger partial charge is 0.295 e. The molecule has 0 amide bonds. The van der Waals surface area contributed by atoms with E-state index in [9.17, 15) is 4.79 Å². The summed E-state index contributed by atoms with van der Waals surface area (Å²) in [4.78, 5) is 19.9. The van der Waals surface area contributed by atoms with Gasteiger partial charge in [0.2, 0.25) is 5.82 Å². The van der Waals surface area contributed by atoms with Gasteiger partial charge in [-0.25, -0.2) is 9.78 Å². The predicted molar refractivity (Wildman–Crippen MR) is 81.6 cm³/mol. The Morgan fingerprint density at radius 2 is 2.00 bits per heavy atom. The molecule has 1 aromatic carbocycles. The topological polar surface area (TPSA) is 73.8 Å². The van der Waals surface area contributed by atoms with E-state index in [-0.39, 0.29) is 0 Å². The van der Waals surface area contributed by atoms with Crippen LogP contribution in [0.25, 0.3) is 11.5 Å². The molecule has 0 unspecified atom stereocenters. The summed E-state index contributed by atoms with van der Waals surface area (Å²) >= 11 is 5.86. The summed E-state index contributed by atoms with van der Waals surface area (Å²) in [5.74, 6) is -0.0917. The third-order valence-corrected chi connectivity index (χ3v) is 3.49. The van der Waals surface area contributed by atoms with Gasteiger partial charge in [0.25, 0.3) is 0 Å². The van der Waals surface area contributed by atoms with E-state index < -0.39 is 5.76 Å². The molecule has 3 aromatic rings. The largest absolute Gasteiger partial charge is 0.441 e. The number of benzene rings is 1. The molecule has 6 nitrogen and oxygen atoms in total. The van der Waals surface area contributed by atoms with Gasteiger partial charge in [-0.1, -0.05) is 28.9 Å². The van der Waals surface area contributed by atoms with Crippen molar-refractivity contribution in [2.24, 2.45) is 0 Å². The van der Waals surface area contributed by atoms with Crippen LogP contribution in [0.2, 0.25) is 5.02 Å². The molecular formula is C15H13ClN4O2. The van der Waals surface area contributed by atoms with Gasteiger partial charge in [-0.2, -0.15) is 0 Å². The Balaban J connectivity index is 1.72. The summed E-state index contributed by atoms with van der Waals surface area (Å²) in [6.45, 7) is 0.497. The number of nitrogens with zero attached hydrogens (tertiary/aromatic N) is 4. The molecule has 0 radical (unpaired) electrons. The average Bonchev–Trinajstić information content (AvgIpc) is 2.91. The molecule has 2 aromatic heterocycles. The first-order chi connectivity index (χ1) is 10.7. The summed E-state index contributed by atoms with van der Waals surface area (Å²) in [5, 5.41) is 4.49. The summed E-state index contributed by atoms with van der Waals surface area (Å²) in [6.07, 6.45) is 6.26. The third-order valence-electron chi connectivity index (χ3n) is 3.24. The quantitative estimate of drug-likeness (QED) is 0.723. The lowest BCUT2D eigenvalue weighted by molar-refractivity contribution is 0.375. The zero-order valence-electron chi connectivity index (χ0n) is 11.6. The Morgan fingerprint density at radius 1 is 1.18 bits per heavy atom. The molecule has 0 aliphatic carbocycles. The maximum Gasteiger partial charge on any atom is 0.441 e. The summed E-state index contributed by atoms with van der Waals surface area (Å²) in [5.41, 5.74) is 1.68. The van der Waals surface area contributed by atoms with Crippen molar-refractivity contribution in [1.29, 1.82) is 0 Å².